The third kappa shape index (κ3) is 5.50. The van der Waals surface area contributed by atoms with E-state index in [0.717, 1.165) is 19.7 Å². The molecule has 0 bridgehead atoms. The lowest BCUT2D eigenvalue weighted by molar-refractivity contribution is 0.0521. The van der Waals surface area contributed by atoms with E-state index in [-0.39, 0.29) is 0 Å². The molecule has 0 amide bonds. The molecule has 3 heteroatoms. The maximum absolute atomic E-state index is 5.58. The van der Waals surface area contributed by atoms with Crippen LogP contribution in [0.4, 0.5) is 0 Å². The van der Waals surface area contributed by atoms with Crippen LogP contribution in [0.1, 0.15) is 33.6 Å². The first-order valence-electron chi connectivity index (χ1n) is 6.29. The minimum atomic E-state index is 0.361. The van der Waals surface area contributed by atoms with Gasteiger partial charge in [0.1, 0.15) is 0 Å². The second-order valence-corrected chi connectivity index (χ2v) is 4.66. The number of ether oxygens (including phenoxy) is 1. The summed E-state index contributed by atoms with van der Waals surface area (Å²) in [6, 6.07) is 0.697. The largest absolute Gasteiger partial charge is 0.377 e. The lowest BCUT2D eigenvalue weighted by atomic mass is 10.1. The number of nitrogens with zero attached hydrogens (tertiary/aromatic N) is 1. The first-order valence-corrected chi connectivity index (χ1v) is 6.29. The highest BCUT2D eigenvalue weighted by atomic mass is 16.5. The molecule has 0 aromatic carbocycles. The molecule has 1 aliphatic heterocycles. The van der Waals surface area contributed by atoms with E-state index in [0.29, 0.717) is 12.1 Å². The molecule has 3 nitrogen and oxygen atoms in total. The van der Waals surface area contributed by atoms with Gasteiger partial charge in [-0.3, -0.25) is 4.90 Å². The minimum Gasteiger partial charge on any atom is -0.377 e. The molecule has 1 atom stereocenters. The Morgan fingerprint density at radius 1 is 1.47 bits per heavy atom. The van der Waals surface area contributed by atoms with Crippen LogP contribution in [-0.2, 0) is 4.74 Å². The number of nitrogens with one attached hydrogen (secondary N) is 1. The Morgan fingerprint density at radius 2 is 2.27 bits per heavy atom. The average Bonchev–Trinajstić information content (AvgIpc) is 2.18. The molecule has 90 valence electrons. The average molecular weight is 214 g/mol. The van der Waals surface area contributed by atoms with Crippen molar-refractivity contribution in [1.82, 2.24) is 10.2 Å². The molecule has 1 heterocycles. The molecule has 15 heavy (non-hydrogen) atoms. The molecule has 1 aliphatic rings. The molecule has 1 N–H and O–H groups in total. The summed E-state index contributed by atoms with van der Waals surface area (Å²) in [6.45, 7) is 11.9. The van der Waals surface area contributed by atoms with Gasteiger partial charge in [0.25, 0.3) is 0 Å². The lowest BCUT2D eigenvalue weighted by Crippen LogP contribution is -2.51. The van der Waals surface area contributed by atoms with E-state index in [9.17, 15) is 0 Å². The summed E-state index contributed by atoms with van der Waals surface area (Å²) in [5.74, 6) is 0. The number of rotatable bonds is 6. The number of hydrogen-bond donors (Lipinski definition) is 1. The van der Waals surface area contributed by atoms with Gasteiger partial charge in [0, 0.05) is 32.2 Å². The zero-order chi connectivity index (χ0) is 11.1. The van der Waals surface area contributed by atoms with Crippen LogP contribution in [0.15, 0.2) is 0 Å². The second-order valence-electron chi connectivity index (χ2n) is 4.66. The van der Waals surface area contributed by atoms with E-state index in [1.807, 2.05) is 0 Å². The third-order valence-corrected chi connectivity index (χ3v) is 2.84. The third-order valence-electron chi connectivity index (χ3n) is 2.84. The highest BCUT2D eigenvalue weighted by Gasteiger charge is 2.17. The van der Waals surface area contributed by atoms with Gasteiger partial charge >= 0.3 is 0 Å². The molecule has 1 unspecified atom stereocenters. The molecular weight excluding hydrogens is 188 g/mol. The Hall–Kier alpha value is -0.120. The van der Waals surface area contributed by atoms with Crippen molar-refractivity contribution in [2.45, 2.75) is 45.8 Å². The maximum Gasteiger partial charge on any atom is 0.0596 e. The van der Waals surface area contributed by atoms with Crippen LogP contribution in [-0.4, -0.2) is 49.8 Å². The van der Waals surface area contributed by atoms with Crippen molar-refractivity contribution >= 4 is 0 Å². The smallest absolute Gasteiger partial charge is 0.0596 e. The van der Waals surface area contributed by atoms with Crippen LogP contribution < -0.4 is 5.32 Å². The Labute approximate surface area is 94.2 Å². The first-order chi connectivity index (χ1) is 7.22. The van der Waals surface area contributed by atoms with Gasteiger partial charge in [0.15, 0.2) is 0 Å². The molecule has 1 saturated heterocycles. The van der Waals surface area contributed by atoms with E-state index >= 15 is 0 Å². The van der Waals surface area contributed by atoms with Crippen molar-refractivity contribution in [3.63, 3.8) is 0 Å². The van der Waals surface area contributed by atoms with Crippen molar-refractivity contribution < 1.29 is 4.74 Å². The summed E-state index contributed by atoms with van der Waals surface area (Å²) >= 11 is 0. The van der Waals surface area contributed by atoms with Crippen molar-refractivity contribution in [1.29, 1.82) is 0 Å². The van der Waals surface area contributed by atoms with Gasteiger partial charge < -0.3 is 10.1 Å². The van der Waals surface area contributed by atoms with Gasteiger partial charge in [-0.15, -0.1) is 0 Å². The van der Waals surface area contributed by atoms with Crippen molar-refractivity contribution in [2.75, 3.05) is 32.8 Å². The van der Waals surface area contributed by atoms with Crippen LogP contribution >= 0.6 is 0 Å². The molecule has 1 fully saturated rings. The zero-order valence-electron chi connectivity index (χ0n) is 10.5. The predicted octanol–water partition coefficient (Wildman–Crippen LogP) is 1.49. The minimum absolute atomic E-state index is 0.361. The molecule has 0 radical (unpaired) electrons. The second kappa shape index (κ2) is 7.20. The zero-order valence-corrected chi connectivity index (χ0v) is 10.5. The molecule has 1 rings (SSSR count). The van der Waals surface area contributed by atoms with Crippen LogP contribution in [0.5, 0.6) is 0 Å². The highest BCUT2D eigenvalue weighted by Crippen LogP contribution is 2.04. The lowest BCUT2D eigenvalue weighted by Gasteiger charge is -2.33. The van der Waals surface area contributed by atoms with Gasteiger partial charge in [0.2, 0.25) is 0 Å². The van der Waals surface area contributed by atoms with E-state index in [4.69, 9.17) is 4.74 Å². The SMILES string of the molecule is CCCC1CN(CCOC(C)C)CCN1. The quantitative estimate of drug-likeness (QED) is 0.725. The van der Waals surface area contributed by atoms with Gasteiger partial charge in [-0.1, -0.05) is 13.3 Å². The number of hydrogen-bond acceptors (Lipinski definition) is 3. The molecule has 0 aliphatic carbocycles. The highest BCUT2D eigenvalue weighted by molar-refractivity contribution is 4.77. The Balaban J connectivity index is 2.12. The van der Waals surface area contributed by atoms with E-state index in [2.05, 4.69) is 31.0 Å². The fourth-order valence-electron chi connectivity index (χ4n) is 2.06. The standard InChI is InChI=1S/C12H26N2O/c1-4-5-12-10-14(7-6-13-12)8-9-15-11(2)3/h11-13H,4-10H2,1-3H3. The molecular formula is C12H26N2O. The molecule has 0 spiro atoms. The van der Waals surface area contributed by atoms with Crippen LogP contribution in [0, 0.1) is 0 Å². The van der Waals surface area contributed by atoms with Crippen LogP contribution in [0.2, 0.25) is 0 Å². The molecule has 0 aromatic rings. The Kier molecular flexibility index (Phi) is 6.22. The van der Waals surface area contributed by atoms with Gasteiger partial charge in [0.05, 0.1) is 12.7 Å². The monoisotopic (exact) mass is 214 g/mol. The Bertz CT molecular complexity index is 160. The summed E-state index contributed by atoms with van der Waals surface area (Å²) in [7, 11) is 0. The first kappa shape index (κ1) is 12.9. The van der Waals surface area contributed by atoms with Crippen LogP contribution in [0.25, 0.3) is 0 Å². The summed E-state index contributed by atoms with van der Waals surface area (Å²) in [6.07, 6.45) is 2.93. The molecule has 0 aromatic heterocycles. The summed E-state index contributed by atoms with van der Waals surface area (Å²) < 4.78 is 5.58. The van der Waals surface area contributed by atoms with Crippen molar-refractivity contribution in [3.05, 3.63) is 0 Å². The van der Waals surface area contributed by atoms with Gasteiger partial charge in [-0.2, -0.15) is 0 Å². The fourth-order valence-corrected chi connectivity index (χ4v) is 2.06. The topological polar surface area (TPSA) is 24.5 Å². The summed E-state index contributed by atoms with van der Waals surface area (Å²) in [5.41, 5.74) is 0. The Morgan fingerprint density at radius 3 is 2.93 bits per heavy atom. The van der Waals surface area contributed by atoms with Crippen molar-refractivity contribution in [3.8, 4) is 0 Å². The molecule has 0 saturated carbocycles. The van der Waals surface area contributed by atoms with E-state index in [1.165, 1.54) is 25.9 Å². The predicted molar refractivity (Wildman–Crippen MR) is 64.2 cm³/mol. The van der Waals surface area contributed by atoms with Gasteiger partial charge in [-0.25, -0.2) is 0 Å². The van der Waals surface area contributed by atoms with Crippen LogP contribution in [0.3, 0.4) is 0 Å². The summed E-state index contributed by atoms with van der Waals surface area (Å²) in [4.78, 5) is 2.51. The fraction of sp³-hybridized carbons (Fsp3) is 1.00. The summed E-state index contributed by atoms with van der Waals surface area (Å²) in [5, 5.41) is 3.57. The normalized spacial score (nSPS) is 23.6. The maximum atomic E-state index is 5.58. The van der Waals surface area contributed by atoms with Crippen molar-refractivity contribution in [2.24, 2.45) is 0 Å². The number of piperazine rings is 1. The van der Waals surface area contributed by atoms with E-state index < -0.39 is 0 Å². The van der Waals surface area contributed by atoms with E-state index in [1.54, 1.807) is 0 Å². The van der Waals surface area contributed by atoms with Gasteiger partial charge in [-0.05, 0) is 20.3 Å².